The number of unbranched alkanes of at least 4 members (excludes halogenated alkanes) is 5. The number of hydrogen-bond acceptors (Lipinski definition) is 2. The van der Waals surface area contributed by atoms with Gasteiger partial charge in [-0.15, -0.1) is 0 Å². The zero-order valence-electron chi connectivity index (χ0n) is 13.9. The molecule has 122 valence electrons. The van der Waals surface area contributed by atoms with E-state index in [2.05, 4.69) is 43.3 Å². The molecule has 1 heterocycles. The van der Waals surface area contributed by atoms with Crippen LogP contribution in [0.5, 0.6) is 5.75 Å². The number of para-hydroxylation sites is 1. The van der Waals surface area contributed by atoms with Crippen LogP contribution in [-0.2, 0) is 11.2 Å². The fourth-order valence-electron chi connectivity index (χ4n) is 2.59. The van der Waals surface area contributed by atoms with Crippen LogP contribution in [0, 0.1) is 0 Å². The predicted molar refractivity (Wildman–Crippen MR) is 92.5 cm³/mol. The highest BCUT2D eigenvalue weighted by Gasteiger charge is 2.23. The van der Waals surface area contributed by atoms with Gasteiger partial charge in [0, 0.05) is 0 Å². The summed E-state index contributed by atoms with van der Waals surface area (Å²) < 4.78 is 11.1. The second-order valence-electron chi connectivity index (χ2n) is 6.06. The Labute approximate surface area is 135 Å². The minimum Gasteiger partial charge on any atom is -0.491 e. The summed E-state index contributed by atoms with van der Waals surface area (Å²) in [6.45, 7) is 3.74. The first-order chi connectivity index (χ1) is 10.9. The van der Waals surface area contributed by atoms with E-state index in [4.69, 9.17) is 9.47 Å². The third kappa shape index (κ3) is 7.13. The molecule has 0 saturated carbocycles. The summed E-state index contributed by atoms with van der Waals surface area (Å²) in [6, 6.07) is 8.43. The van der Waals surface area contributed by atoms with Gasteiger partial charge in [-0.2, -0.15) is 0 Å². The van der Waals surface area contributed by atoms with Gasteiger partial charge in [0.05, 0.1) is 6.61 Å². The molecule has 0 N–H and O–H groups in total. The summed E-state index contributed by atoms with van der Waals surface area (Å²) in [5.41, 5.74) is 1.34. The highest BCUT2D eigenvalue weighted by atomic mass is 16.6. The molecule has 1 aliphatic rings. The Morgan fingerprint density at radius 1 is 1.09 bits per heavy atom. The van der Waals surface area contributed by atoms with Crippen molar-refractivity contribution in [1.82, 2.24) is 0 Å². The van der Waals surface area contributed by atoms with E-state index in [9.17, 15) is 0 Å². The van der Waals surface area contributed by atoms with Crippen molar-refractivity contribution >= 4 is 0 Å². The van der Waals surface area contributed by atoms with E-state index in [1.807, 2.05) is 0 Å². The number of benzene rings is 1. The summed E-state index contributed by atoms with van der Waals surface area (Å²) in [5, 5.41) is 0. The maximum atomic E-state index is 5.86. The second-order valence-corrected chi connectivity index (χ2v) is 6.06. The van der Waals surface area contributed by atoms with Crippen molar-refractivity contribution in [3.8, 4) is 5.75 Å². The van der Waals surface area contributed by atoms with Crippen LogP contribution in [0.2, 0.25) is 0 Å². The molecule has 0 aromatic heterocycles. The maximum Gasteiger partial charge on any atom is 0.122 e. The van der Waals surface area contributed by atoms with Crippen molar-refractivity contribution in [1.29, 1.82) is 0 Å². The van der Waals surface area contributed by atoms with E-state index < -0.39 is 0 Å². The SMILES string of the molecule is CC/C=C/CCCCCCCc1ccccc1OCC1CO1. The normalized spacial score (nSPS) is 17.0. The van der Waals surface area contributed by atoms with Crippen molar-refractivity contribution in [2.75, 3.05) is 13.2 Å². The van der Waals surface area contributed by atoms with E-state index in [0.717, 1.165) is 25.2 Å². The van der Waals surface area contributed by atoms with Gasteiger partial charge in [-0.25, -0.2) is 0 Å². The number of epoxide rings is 1. The molecule has 22 heavy (non-hydrogen) atoms. The van der Waals surface area contributed by atoms with Gasteiger partial charge in [0.15, 0.2) is 0 Å². The van der Waals surface area contributed by atoms with Gasteiger partial charge in [0.2, 0.25) is 0 Å². The van der Waals surface area contributed by atoms with Crippen LogP contribution in [-0.4, -0.2) is 19.3 Å². The fraction of sp³-hybridized carbons (Fsp3) is 0.600. The minimum absolute atomic E-state index is 0.329. The highest BCUT2D eigenvalue weighted by molar-refractivity contribution is 5.33. The molecule has 2 rings (SSSR count). The highest BCUT2D eigenvalue weighted by Crippen LogP contribution is 2.22. The molecule has 1 aromatic carbocycles. The van der Waals surface area contributed by atoms with Crippen LogP contribution in [0.4, 0.5) is 0 Å². The van der Waals surface area contributed by atoms with Crippen LogP contribution >= 0.6 is 0 Å². The molecule has 1 aromatic rings. The molecule has 0 radical (unpaired) electrons. The van der Waals surface area contributed by atoms with Crippen molar-refractivity contribution in [2.24, 2.45) is 0 Å². The van der Waals surface area contributed by atoms with Crippen molar-refractivity contribution in [3.05, 3.63) is 42.0 Å². The Morgan fingerprint density at radius 3 is 2.68 bits per heavy atom. The smallest absolute Gasteiger partial charge is 0.122 e. The zero-order chi connectivity index (χ0) is 15.5. The number of aryl methyl sites for hydroxylation is 1. The topological polar surface area (TPSA) is 21.8 Å². The Bertz CT molecular complexity index is 435. The first-order valence-electron chi connectivity index (χ1n) is 8.87. The second kappa shape index (κ2) is 10.4. The van der Waals surface area contributed by atoms with Crippen LogP contribution in [0.15, 0.2) is 36.4 Å². The summed E-state index contributed by atoms with van der Waals surface area (Å²) >= 11 is 0. The molecule has 1 fully saturated rings. The largest absolute Gasteiger partial charge is 0.491 e. The van der Waals surface area contributed by atoms with Gasteiger partial charge in [-0.3, -0.25) is 0 Å². The third-order valence-electron chi connectivity index (χ3n) is 4.02. The lowest BCUT2D eigenvalue weighted by Crippen LogP contribution is -2.05. The monoisotopic (exact) mass is 302 g/mol. The molecule has 0 amide bonds. The molecule has 1 aliphatic heterocycles. The van der Waals surface area contributed by atoms with Gasteiger partial charge < -0.3 is 9.47 Å². The lowest BCUT2D eigenvalue weighted by Gasteiger charge is -2.10. The average Bonchev–Trinajstić information content (AvgIpc) is 3.36. The number of ether oxygens (including phenoxy) is 2. The van der Waals surface area contributed by atoms with Gasteiger partial charge in [-0.05, 0) is 43.7 Å². The fourth-order valence-corrected chi connectivity index (χ4v) is 2.59. The Morgan fingerprint density at radius 2 is 1.86 bits per heavy atom. The number of rotatable bonds is 12. The lowest BCUT2D eigenvalue weighted by atomic mass is 10.0. The van der Waals surface area contributed by atoms with Crippen molar-refractivity contribution in [3.63, 3.8) is 0 Å². The minimum atomic E-state index is 0.329. The van der Waals surface area contributed by atoms with E-state index in [-0.39, 0.29) is 0 Å². The summed E-state index contributed by atoms with van der Waals surface area (Å²) in [6.07, 6.45) is 15.0. The summed E-state index contributed by atoms with van der Waals surface area (Å²) in [7, 11) is 0. The van der Waals surface area contributed by atoms with Crippen LogP contribution in [0.25, 0.3) is 0 Å². The molecular formula is C20H30O2. The Kier molecular flexibility index (Phi) is 8.11. The quantitative estimate of drug-likeness (QED) is 0.296. The Hall–Kier alpha value is -1.28. The lowest BCUT2D eigenvalue weighted by molar-refractivity contribution is 0.261. The van der Waals surface area contributed by atoms with E-state index in [1.165, 1.54) is 44.1 Å². The van der Waals surface area contributed by atoms with Crippen LogP contribution in [0.1, 0.15) is 57.4 Å². The molecule has 2 heteroatoms. The molecule has 0 aliphatic carbocycles. The van der Waals surface area contributed by atoms with Gasteiger partial charge >= 0.3 is 0 Å². The molecule has 0 spiro atoms. The number of hydrogen-bond donors (Lipinski definition) is 0. The van der Waals surface area contributed by atoms with E-state index in [0.29, 0.717) is 12.7 Å². The van der Waals surface area contributed by atoms with E-state index >= 15 is 0 Å². The van der Waals surface area contributed by atoms with Crippen molar-refractivity contribution in [2.45, 2.75) is 64.4 Å². The molecule has 2 nitrogen and oxygen atoms in total. The first-order valence-corrected chi connectivity index (χ1v) is 8.87. The average molecular weight is 302 g/mol. The van der Waals surface area contributed by atoms with Crippen LogP contribution in [0.3, 0.4) is 0 Å². The first kappa shape index (κ1) is 17.1. The molecular weight excluding hydrogens is 272 g/mol. The maximum absolute atomic E-state index is 5.86. The zero-order valence-corrected chi connectivity index (χ0v) is 13.9. The third-order valence-corrected chi connectivity index (χ3v) is 4.02. The van der Waals surface area contributed by atoms with Crippen molar-refractivity contribution < 1.29 is 9.47 Å². The van der Waals surface area contributed by atoms with Gasteiger partial charge in [-0.1, -0.05) is 56.5 Å². The molecule has 1 saturated heterocycles. The molecule has 1 unspecified atom stereocenters. The van der Waals surface area contributed by atoms with Gasteiger partial charge in [0.1, 0.15) is 18.5 Å². The Balaban J connectivity index is 1.57. The molecule has 0 bridgehead atoms. The summed E-state index contributed by atoms with van der Waals surface area (Å²) in [4.78, 5) is 0. The predicted octanol–water partition coefficient (Wildman–Crippen LogP) is 5.31. The van der Waals surface area contributed by atoms with Crippen LogP contribution < -0.4 is 4.74 Å². The van der Waals surface area contributed by atoms with E-state index in [1.54, 1.807) is 0 Å². The molecule has 1 atom stereocenters. The van der Waals surface area contributed by atoms with Gasteiger partial charge in [0.25, 0.3) is 0 Å². The standard InChI is InChI=1S/C20H30O2/c1-2-3-4-5-6-7-8-9-10-13-18-14-11-12-15-20(18)22-17-19-16-21-19/h3-4,11-12,14-15,19H,2,5-10,13,16-17H2,1H3/b4-3+. The summed E-state index contributed by atoms with van der Waals surface area (Å²) in [5.74, 6) is 1.04. The number of allylic oxidation sites excluding steroid dienone is 2.